The van der Waals surface area contributed by atoms with Gasteiger partial charge in [0.1, 0.15) is 5.75 Å². The first-order chi connectivity index (χ1) is 14.1. The van der Waals surface area contributed by atoms with Gasteiger partial charge in [0.25, 0.3) is 0 Å². The van der Waals surface area contributed by atoms with Crippen LogP contribution in [0.3, 0.4) is 0 Å². The highest BCUT2D eigenvalue weighted by molar-refractivity contribution is 7.14. The molecule has 0 bridgehead atoms. The van der Waals surface area contributed by atoms with Gasteiger partial charge in [-0.1, -0.05) is 6.07 Å². The van der Waals surface area contributed by atoms with E-state index in [2.05, 4.69) is 10.3 Å². The van der Waals surface area contributed by atoms with Crippen LogP contribution in [0.25, 0.3) is 17.3 Å². The third-order valence-electron chi connectivity index (χ3n) is 4.03. The topological polar surface area (TPSA) is 69.7 Å². The standard InChI is InChI=1S/C22H22N2O4S/c1-4-28-19-11-5-15(13-20(19)27-3)6-12-21(25)24-22-23-18(14-29-22)16-7-9-17(26-2)10-8-16/h5-14H,4H2,1-3H3,(H,23,24,25)/b12-6-. The van der Waals surface area contributed by atoms with Gasteiger partial charge in [0, 0.05) is 17.0 Å². The van der Waals surface area contributed by atoms with Crippen molar-refractivity contribution in [2.24, 2.45) is 0 Å². The zero-order valence-corrected chi connectivity index (χ0v) is 17.3. The highest BCUT2D eigenvalue weighted by atomic mass is 32.1. The predicted octanol–water partition coefficient (Wildman–Crippen LogP) is 4.88. The minimum atomic E-state index is -0.256. The summed E-state index contributed by atoms with van der Waals surface area (Å²) in [6.45, 7) is 2.47. The summed E-state index contributed by atoms with van der Waals surface area (Å²) in [6, 6.07) is 13.1. The number of hydrogen-bond acceptors (Lipinski definition) is 6. The molecule has 1 amide bonds. The Labute approximate surface area is 173 Å². The molecular formula is C22H22N2O4S. The van der Waals surface area contributed by atoms with E-state index in [0.29, 0.717) is 23.2 Å². The summed E-state index contributed by atoms with van der Waals surface area (Å²) in [7, 11) is 3.21. The number of carbonyl (C=O) groups is 1. The SMILES string of the molecule is CCOc1ccc(/C=C\C(=O)Nc2nc(-c3ccc(OC)cc3)cs2)cc1OC. The largest absolute Gasteiger partial charge is 0.497 e. The first-order valence-electron chi connectivity index (χ1n) is 9.02. The Balaban J connectivity index is 1.64. The molecule has 0 fully saturated rings. The second kappa shape index (κ2) is 9.75. The smallest absolute Gasteiger partial charge is 0.250 e. The van der Waals surface area contributed by atoms with Gasteiger partial charge in [-0.3, -0.25) is 10.1 Å². The molecule has 3 aromatic rings. The zero-order chi connectivity index (χ0) is 20.6. The monoisotopic (exact) mass is 410 g/mol. The van der Waals surface area contributed by atoms with Crippen molar-refractivity contribution < 1.29 is 19.0 Å². The second-order valence-corrected chi connectivity index (χ2v) is 6.79. The molecule has 0 aliphatic carbocycles. The summed E-state index contributed by atoms with van der Waals surface area (Å²) in [5.74, 6) is 1.82. The van der Waals surface area contributed by atoms with Crippen molar-refractivity contribution in [1.29, 1.82) is 0 Å². The van der Waals surface area contributed by atoms with Gasteiger partial charge in [0.2, 0.25) is 5.91 Å². The molecule has 7 heteroatoms. The van der Waals surface area contributed by atoms with Crippen LogP contribution in [0, 0.1) is 0 Å². The number of aromatic nitrogens is 1. The lowest BCUT2D eigenvalue weighted by atomic mass is 10.2. The first-order valence-corrected chi connectivity index (χ1v) is 9.90. The summed E-state index contributed by atoms with van der Waals surface area (Å²) in [5.41, 5.74) is 2.59. The van der Waals surface area contributed by atoms with Crippen molar-refractivity contribution in [1.82, 2.24) is 4.98 Å². The highest BCUT2D eigenvalue weighted by Crippen LogP contribution is 2.29. The number of amides is 1. The first kappa shape index (κ1) is 20.4. The number of benzene rings is 2. The third kappa shape index (κ3) is 5.36. The molecule has 6 nitrogen and oxygen atoms in total. The van der Waals surface area contributed by atoms with Crippen LogP contribution >= 0.6 is 11.3 Å². The van der Waals surface area contributed by atoms with E-state index >= 15 is 0 Å². The summed E-state index contributed by atoms with van der Waals surface area (Å²) in [6.07, 6.45) is 3.18. The van der Waals surface area contributed by atoms with E-state index in [1.807, 2.05) is 54.8 Å². The number of ether oxygens (including phenoxy) is 3. The maximum atomic E-state index is 12.2. The maximum Gasteiger partial charge on any atom is 0.250 e. The summed E-state index contributed by atoms with van der Waals surface area (Å²) >= 11 is 1.37. The summed E-state index contributed by atoms with van der Waals surface area (Å²) in [4.78, 5) is 16.7. The summed E-state index contributed by atoms with van der Waals surface area (Å²) < 4.78 is 16.0. The number of anilines is 1. The van der Waals surface area contributed by atoms with Gasteiger partial charge < -0.3 is 14.2 Å². The highest BCUT2D eigenvalue weighted by Gasteiger charge is 2.08. The average molecular weight is 410 g/mol. The quantitative estimate of drug-likeness (QED) is 0.536. The molecule has 3 rings (SSSR count). The third-order valence-corrected chi connectivity index (χ3v) is 4.79. The number of methoxy groups -OCH3 is 2. The Morgan fingerprint density at radius 3 is 2.59 bits per heavy atom. The fourth-order valence-corrected chi connectivity index (χ4v) is 3.33. The normalized spacial score (nSPS) is 10.7. The number of carbonyl (C=O) groups excluding carboxylic acids is 1. The van der Waals surface area contributed by atoms with Crippen molar-refractivity contribution in [2.45, 2.75) is 6.92 Å². The predicted molar refractivity (Wildman–Crippen MR) is 116 cm³/mol. The molecule has 0 spiro atoms. The van der Waals surface area contributed by atoms with Crippen molar-refractivity contribution >= 4 is 28.5 Å². The van der Waals surface area contributed by atoms with Crippen LogP contribution in [0.1, 0.15) is 12.5 Å². The van der Waals surface area contributed by atoms with E-state index in [1.54, 1.807) is 20.3 Å². The lowest BCUT2D eigenvalue weighted by Crippen LogP contribution is -2.07. The molecule has 29 heavy (non-hydrogen) atoms. The van der Waals surface area contributed by atoms with E-state index in [0.717, 1.165) is 22.6 Å². The number of hydrogen-bond donors (Lipinski definition) is 1. The Hall–Kier alpha value is -3.32. The van der Waals surface area contributed by atoms with Crippen LogP contribution in [-0.4, -0.2) is 31.7 Å². The molecular weight excluding hydrogens is 388 g/mol. The van der Waals surface area contributed by atoms with Crippen LogP contribution < -0.4 is 19.5 Å². The molecule has 0 aliphatic heterocycles. The van der Waals surface area contributed by atoms with Gasteiger partial charge in [0.05, 0.1) is 26.5 Å². The molecule has 0 aliphatic rings. The Morgan fingerprint density at radius 2 is 1.90 bits per heavy atom. The Bertz CT molecular complexity index is 996. The number of nitrogens with one attached hydrogen (secondary N) is 1. The van der Waals surface area contributed by atoms with Crippen LogP contribution in [0.2, 0.25) is 0 Å². The molecule has 2 aromatic carbocycles. The van der Waals surface area contributed by atoms with Gasteiger partial charge in [-0.25, -0.2) is 4.98 Å². The lowest BCUT2D eigenvalue weighted by Gasteiger charge is -2.09. The van der Waals surface area contributed by atoms with E-state index < -0.39 is 0 Å². The van der Waals surface area contributed by atoms with Gasteiger partial charge >= 0.3 is 0 Å². The van der Waals surface area contributed by atoms with Crippen molar-refractivity contribution in [2.75, 3.05) is 26.1 Å². The Morgan fingerprint density at radius 1 is 1.10 bits per heavy atom. The molecule has 0 atom stereocenters. The number of nitrogens with zero attached hydrogens (tertiary/aromatic N) is 1. The van der Waals surface area contributed by atoms with E-state index in [4.69, 9.17) is 14.2 Å². The van der Waals surface area contributed by atoms with Crippen LogP contribution in [0.5, 0.6) is 17.2 Å². The van der Waals surface area contributed by atoms with Gasteiger partial charge in [-0.2, -0.15) is 0 Å². The van der Waals surface area contributed by atoms with Gasteiger partial charge in [0.15, 0.2) is 16.6 Å². The molecule has 0 unspecified atom stereocenters. The molecule has 0 saturated carbocycles. The van der Waals surface area contributed by atoms with Crippen LogP contribution in [0.15, 0.2) is 53.9 Å². The van der Waals surface area contributed by atoms with Crippen molar-refractivity contribution in [3.8, 4) is 28.5 Å². The van der Waals surface area contributed by atoms with Gasteiger partial charge in [-0.15, -0.1) is 11.3 Å². The lowest BCUT2D eigenvalue weighted by molar-refractivity contribution is -0.111. The van der Waals surface area contributed by atoms with Crippen LogP contribution in [0.4, 0.5) is 5.13 Å². The van der Waals surface area contributed by atoms with Crippen LogP contribution in [-0.2, 0) is 4.79 Å². The molecule has 0 radical (unpaired) electrons. The molecule has 1 aromatic heterocycles. The maximum absolute atomic E-state index is 12.2. The van der Waals surface area contributed by atoms with Gasteiger partial charge in [-0.05, 0) is 55.0 Å². The average Bonchev–Trinajstić information content (AvgIpc) is 3.21. The van der Waals surface area contributed by atoms with E-state index in [-0.39, 0.29) is 5.91 Å². The molecule has 0 saturated heterocycles. The molecule has 1 heterocycles. The summed E-state index contributed by atoms with van der Waals surface area (Å²) in [5, 5.41) is 5.22. The second-order valence-electron chi connectivity index (χ2n) is 5.93. The fourth-order valence-electron chi connectivity index (χ4n) is 2.61. The minimum absolute atomic E-state index is 0.256. The zero-order valence-electron chi connectivity index (χ0n) is 16.5. The van der Waals surface area contributed by atoms with E-state index in [1.165, 1.54) is 17.4 Å². The molecule has 150 valence electrons. The molecule has 1 N–H and O–H groups in total. The Kier molecular flexibility index (Phi) is 6.86. The van der Waals surface area contributed by atoms with Crippen molar-refractivity contribution in [3.63, 3.8) is 0 Å². The number of rotatable bonds is 8. The van der Waals surface area contributed by atoms with Crippen molar-refractivity contribution in [3.05, 3.63) is 59.5 Å². The fraction of sp³-hybridized carbons (Fsp3) is 0.182. The minimum Gasteiger partial charge on any atom is -0.497 e. The van der Waals surface area contributed by atoms with E-state index in [9.17, 15) is 4.79 Å². The number of thiazole rings is 1.